The second-order valence-corrected chi connectivity index (χ2v) is 4.71. The Bertz CT molecular complexity index is 517. The fraction of sp³-hybridized carbons (Fsp3) is 0.300. The average Bonchev–Trinajstić information content (AvgIpc) is 2.68. The second kappa shape index (κ2) is 5.46. The molecule has 2 rings (SSSR count). The lowest BCUT2D eigenvalue weighted by Gasteiger charge is -2.05. The number of anilines is 1. The van der Waals surface area contributed by atoms with Gasteiger partial charge in [0.1, 0.15) is 5.82 Å². The van der Waals surface area contributed by atoms with Crippen molar-refractivity contribution in [1.29, 1.82) is 0 Å². The van der Waals surface area contributed by atoms with Crippen LogP contribution < -0.4 is 5.32 Å². The molecule has 7 heteroatoms. The fourth-order valence-electron chi connectivity index (χ4n) is 1.28. The lowest BCUT2D eigenvalue weighted by molar-refractivity contribution is 0.387. The first-order chi connectivity index (χ1) is 8.15. The van der Waals surface area contributed by atoms with Crippen molar-refractivity contribution < 1.29 is 4.52 Å². The summed E-state index contributed by atoms with van der Waals surface area (Å²) in [6, 6.07) is 1.79. The first kappa shape index (κ1) is 12.3. The molecule has 17 heavy (non-hydrogen) atoms. The normalized spacial score (nSPS) is 10.5. The van der Waals surface area contributed by atoms with Crippen LogP contribution in [0, 0.1) is 6.92 Å². The van der Waals surface area contributed by atoms with Crippen LogP contribution in [0.5, 0.6) is 0 Å². The molecule has 0 atom stereocenters. The molecule has 0 radical (unpaired) electrons. The highest BCUT2D eigenvalue weighted by Crippen LogP contribution is 2.22. The summed E-state index contributed by atoms with van der Waals surface area (Å²) in [5.74, 6) is 1.89. The summed E-state index contributed by atoms with van der Waals surface area (Å²) in [5, 5.41) is 7.48. The van der Waals surface area contributed by atoms with Gasteiger partial charge in [0.05, 0.1) is 5.02 Å². The summed E-state index contributed by atoms with van der Waals surface area (Å²) >= 11 is 9.31. The van der Waals surface area contributed by atoms with Crippen LogP contribution >= 0.6 is 27.5 Å². The summed E-state index contributed by atoms with van der Waals surface area (Å²) in [7, 11) is 0. The molecule has 0 saturated carbocycles. The smallest absolute Gasteiger partial charge is 0.223 e. The number of aromatic nitrogens is 3. The minimum absolute atomic E-state index is 0.569. The highest BCUT2D eigenvalue weighted by Gasteiger charge is 2.04. The Hall–Kier alpha value is -1.14. The largest absolute Gasteiger partial charge is 0.368 e. The van der Waals surface area contributed by atoms with E-state index in [0.29, 0.717) is 35.5 Å². The van der Waals surface area contributed by atoms with Gasteiger partial charge in [0, 0.05) is 30.6 Å². The van der Waals surface area contributed by atoms with E-state index >= 15 is 0 Å². The van der Waals surface area contributed by atoms with Crippen molar-refractivity contribution in [2.24, 2.45) is 0 Å². The number of hydrogen-bond donors (Lipinski definition) is 1. The molecule has 2 heterocycles. The van der Waals surface area contributed by atoms with Gasteiger partial charge in [-0.05, 0) is 22.0 Å². The molecule has 0 amide bonds. The maximum Gasteiger partial charge on any atom is 0.223 e. The van der Waals surface area contributed by atoms with Crippen LogP contribution in [-0.2, 0) is 6.42 Å². The molecule has 0 unspecified atom stereocenters. The monoisotopic (exact) mass is 316 g/mol. The second-order valence-electron chi connectivity index (χ2n) is 3.39. The van der Waals surface area contributed by atoms with Gasteiger partial charge in [-0.1, -0.05) is 16.8 Å². The van der Waals surface area contributed by atoms with Crippen LogP contribution in [0.3, 0.4) is 0 Å². The lowest BCUT2D eigenvalue weighted by atomic mass is 10.4. The molecule has 0 aromatic carbocycles. The van der Waals surface area contributed by atoms with E-state index in [1.807, 2.05) is 0 Å². The number of aryl methyl sites for hydroxylation is 1. The molecule has 5 nitrogen and oxygen atoms in total. The van der Waals surface area contributed by atoms with Gasteiger partial charge in [-0.2, -0.15) is 4.98 Å². The zero-order valence-electron chi connectivity index (χ0n) is 9.07. The molecule has 0 aliphatic rings. The predicted octanol–water partition coefficient (Wildman–Crippen LogP) is 2.84. The zero-order valence-corrected chi connectivity index (χ0v) is 11.4. The SMILES string of the molecule is Cc1nc(CCNc2ncc(Br)cc2Cl)no1. The van der Waals surface area contributed by atoms with E-state index < -0.39 is 0 Å². The van der Waals surface area contributed by atoms with E-state index in [2.05, 4.69) is 36.4 Å². The number of nitrogens with one attached hydrogen (secondary N) is 1. The molecule has 90 valence electrons. The maximum atomic E-state index is 6.01. The molecule has 0 fully saturated rings. The van der Waals surface area contributed by atoms with E-state index in [1.165, 1.54) is 0 Å². The fourth-order valence-corrected chi connectivity index (χ4v) is 1.98. The van der Waals surface area contributed by atoms with Gasteiger partial charge in [0.25, 0.3) is 0 Å². The predicted molar refractivity (Wildman–Crippen MR) is 68.2 cm³/mol. The molecule has 0 aliphatic heterocycles. The topological polar surface area (TPSA) is 63.8 Å². The summed E-state index contributed by atoms with van der Waals surface area (Å²) in [6.07, 6.45) is 2.35. The highest BCUT2D eigenvalue weighted by molar-refractivity contribution is 9.10. The zero-order chi connectivity index (χ0) is 12.3. The molecular formula is C10H10BrClN4O. The summed E-state index contributed by atoms with van der Waals surface area (Å²) in [4.78, 5) is 8.26. The summed E-state index contributed by atoms with van der Waals surface area (Å²) in [5.41, 5.74) is 0. The van der Waals surface area contributed by atoms with Crippen LogP contribution in [0.4, 0.5) is 5.82 Å². The third-order valence-corrected chi connectivity index (χ3v) is 2.74. The van der Waals surface area contributed by atoms with E-state index in [-0.39, 0.29) is 0 Å². The molecule has 0 saturated heterocycles. The average molecular weight is 318 g/mol. The van der Waals surface area contributed by atoms with E-state index in [4.69, 9.17) is 16.1 Å². The quantitative estimate of drug-likeness (QED) is 0.939. The lowest BCUT2D eigenvalue weighted by Crippen LogP contribution is -2.07. The minimum atomic E-state index is 0.569. The van der Waals surface area contributed by atoms with Crippen molar-refractivity contribution in [3.63, 3.8) is 0 Å². The van der Waals surface area contributed by atoms with Crippen molar-refractivity contribution in [3.8, 4) is 0 Å². The Balaban J connectivity index is 1.90. The van der Waals surface area contributed by atoms with Crippen LogP contribution in [0.15, 0.2) is 21.3 Å². The van der Waals surface area contributed by atoms with Gasteiger partial charge in [-0.3, -0.25) is 0 Å². The van der Waals surface area contributed by atoms with Crippen molar-refractivity contribution in [3.05, 3.63) is 33.5 Å². The van der Waals surface area contributed by atoms with Crippen LogP contribution in [0.1, 0.15) is 11.7 Å². The number of rotatable bonds is 4. The standard InChI is InChI=1S/C10H10BrClN4O/c1-6-15-9(16-17-6)2-3-13-10-8(12)4-7(11)5-14-10/h4-5H,2-3H2,1H3,(H,13,14). The van der Waals surface area contributed by atoms with Gasteiger partial charge >= 0.3 is 0 Å². The van der Waals surface area contributed by atoms with Crippen molar-refractivity contribution >= 4 is 33.3 Å². The molecule has 1 N–H and O–H groups in total. The number of pyridine rings is 1. The molecular weight excluding hydrogens is 307 g/mol. The molecule has 2 aromatic rings. The van der Waals surface area contributed by atoms with Gasteiger partial charge in [0.15, 0.2) is 5.82 Å². The summed E-state index contributed by atoms with van der Waals surface area (Å²) < 4.78 is 5.72. The van der Waals surface area contributed by atoms with E-state index in [1.54, 1.807) is 19.2 Å². The molecule has 0 aliphatic carbocycles. The van der Waals surface area contributed by atoms with Gasteiger partial charge in [-0.15, -0.1) is 0 Å². The van der Waals surface area contributed by atoms with Gasteiger partial charge in [0.2, 0.25) is 5.89 Å². The Morgan fingerprint density at radius 2 is 2.35 bits per heavy atom. The Labute approximate surface area is 112 Å². The van der Waals surface area contributed by atoms with E-state index in [0.717, 1.165) is 4.47 Å². The Morgan fingerprint density at radius 3 is 3.00 bits per heavy atom. The van der Waals surface area contributed by atoms with Gasteiger partial charge < -0.3 is 9.84 Å². The Morgan fingerprint density at radius 1 is 1.53 bits per heavy atom. The molecule has 0 spiro atoms. The first-order valence-corrected chi connectivity index (χ1v) is 6.16. The van der Waals surface area contributed by atoms with Crippen molar-refractivity contribution in [2.75, 3.05) is 11.9 Å². The van der Waals surface area contributed by atoms with Crippen LogP contribution in [0.2, 0.25) is 5.02 Å². The number of hydrogen-bond acceptors (Lipinski definition) is 5. The van der Waals surface area contributed by atoms with Crippen LogP contribution in [0.25, 0.3) is 0 Å². The molecule has 0 bridgehead atoms. The first-order valence-electron chi connectivity index (χ1n) is 4.99. The van der Waals surface area contributed by atoms with E-state index in [9.17, 15) is 0 Å². The highest BCUT2D eigenvalue weighted by atomic mass is 79.9. The number of halogens is 2. The molecule has 2 aromatic heterocycles. The van der Waals surface area contributed by atoms with Crippen molar-refractivity contribution in [1.82, 2.24) is 15.1 Å². The third-order valence-electron chi connectivity index (χ3n) is 2.02. The van der Waals surface area contributed by atoms with Crippen molar-refractivity contribution in [2.45, 2.75) is 13.3 Å². The van der Waals surface area contributed by atoms with Crippen LogP contribution in [-0.4, -0.2) is 21.7 Å². The Kier molecular flexibility index (Phi) is 3.96. The third kappa shape index (κ3) is 3.41. The maximum absolute atomic E-state index is 6.01. The minimum Gasteiger partial charge on any atom is -0.368 e. The number of nitrogens with zero attached hydrogens (tertiary/aromatic N) is 3. The summed E-state index contributed by atoms with van der Waals surface area (Å²) in [6.45, 7) is 2.41. The van der Waals surface area contributed by atoms with Gasteiger partial charge in [-0.25, -0.2) is 4.98 Å².